The molecule has 0 saturated carbocycles. The third-order valence-electron chi connectivity index (χ3n) is 4.98. The first kappa shape index (κ1) is 22.2. The van der Waals surface area contributed by atoms with Crippen molar-refractivity contribution in [3.63, 3.8) is 0 Å². The first-order chi connectivity index (χ1) is 14.4. The van der Waals surface area contributed by atoms with E-state index in [1.807, 2.05) is 0 Å². The van der Waals surface area contributed by atoms with Crippen molar-refractivity contribution in [2.24, 2.45) is 0 Å². The number of amides is 1. The predicted octanol–water partition coefficient (Wildman–Crippen LogP) is 2.76. The fourth-order valence-electron chi connectivity index (χ4n) is 3.38. The second-order valence-corrected chi connectivity index (χ2v) is 9.06. The molecule has 162 valence electrons. The molecule has 0 unspecified atom stereocenters. The SMILES string of the molecule is O=C(CN(c1ccc(F)cc1)S(=O)(=O)c1ccc(F)cc1)NCCCN1CCCC1. The van der Waals surface area contributed by atoms with Crippen LogP contribution in [0.5, 0.6) is 0 Å². The van der Waals surface area contributed by atoms with Crippen LogP contribution in [-0.2, 0) is 14.8 Å². The zero-order chi connectivity index (χ0) is 21.6. The summed E-state index contributed by atoms with van der Waals surface area (Å²) in [7, 11) is -4.15. The third-order valence-corrected chi connectivity index (χ3v) is 6.76. The summed E-state index contributed by atoms with van der Waals surface area (Å²) in [5, 5.41) is 2.75. The molecule has 9 heteroatoms. The van der Waals surface area contributed by atoms with E-state index in [0.29, 0.717) is 6.54 Å². The monoisotopic (exact) mass is 437 g/mol. The van der Waals surface area contributed by atoms with E-state index in [-0.39, 0.29) is 10.6 Å². The maximum Gasteiger partial charge on any atom is 0.264 e. The van der Waals surface area contributed by atoms with E-state index < -0.39 is 34.1 Å². The maximum atomic E-state index is 13.3. The van der Waals surface area contributed by atoms with Gasteiger partial charge in [0.25, 0.3) is 10.0 Å². The van der Waals surface area contributed by atoms with Crippen LogP contribution in [0.2, 0.25) is 0 Å². The molecule has 1 heterocycles. The molecule has 30 heavy (non-hydrogen) atoms. The number of nitrogens with zero attached hydrogens (tertiary/aromatic N) is 2. The number of sulfonamides is 1. The van der Waals surface area contributed by atoms with Gasteiger partial charge < -0.3 is 10.2 Å². The Bertz CT molecular complexity index is 944. The third kappa shape index (κ3) is 5.76. The lowest BCUT2D eigenvalue weighted by Crippen LogP contribution is -2.41. The topological polar surface area (TPSA) is 69.7 Å². The smallest absolute Gasteiger partial charge is 0.264 e. The number of carbonyl (C=O) groups excluding carboxylic acids is 1. The zero-order valence-corrected chi connectivity index (χ0v) is 17.4. The van der Waals surface area contributed by atoms with Gasteiger partial charge in [-0.25, -0.2) is 17.2 Å². The van der Waals surface area contributed by atoms with E-state index in [0.717, 1.165) is 66.8 Å². The Morgan fingerprint density at radius 1 is 0.967 bits per heavy atom. The van der Waals surface area contributed by atoms with E-state index in [1.165, 1.54) is 25.0 Å². The van der Waals surface area contributed by atoms with Crippen molar-refractivity contribution in [2.45, 2.75) is 24.2 Å². The fourth-order valence-corrected chi connectivity index (χ4v) is 4.80. The number of carbonyl (C=O) groups is 1. The summed E-state index contributed by atoms with van der Waals surface area (Å²) in [5.74, 6) is -1.56. The summed E-state index contributed by atoms with van der Waals surface area (Å²) in [6.45, 7) is 3.00. The molecule has 1 N–H and O–H groups in total. The van der Waals surface area contributed by atoms with Crippen molar-refractivity contribution in [1.82, 2.24) is 10.2 Å². The fraction of sp³-hybridized carbons (Fsp3) is 0.381. The maximum absolute atomic E-state index is 13.3. The molecule has 1 amide bonds. The van der Waals surface area contributed by atoms with Crippen molar-refractivity contribution in [3.05, 3.63) is 60.2 Å². The second kappa shape index (κ2) is 9.99. The Morgan fingerprint density at radius 2 is 1.53 bits per heavy atom. The highest BCUT2D eigenvalue weighted by molar-refractivity contribution is 7.92. The summed E-state index contributed by atoms with van der Waals surface area (Å²) in [5.41, 5.74) is 0.146. The van der Waals surface area contributed by atoms with E-state index >= 15 is 0 Å². The van der Waals surface area contributed by atoms with Gasteiger partial charge in [-0.05, 0) is 87.4 Å². The van der Waals surface area contributed by atoms with Crippen LogP contribution in [0.25, 0.3) is 0 Å². The molecule has 1 aliphatic heterocycles. The zero-order valence-electron chi connectivity index (χ0n) is 16.6. The van der Waals surface area contributed by atoms with Gasteiger partial charge in [-0.1, -0.05) is 0 Å². The van der Waals surface area contributed by atoms with Crippen molar-refractivity contribution >= 4 is 21.6 Å². The molecule has 1 fully saturated rings. The molecule has 0 spiro atoms. The number of nitrogens with one attached hydrogen (secondary N) is 1. The Kier molecular flexibility index (Phi) is 7.38. The van der Waals surface area contributed by atoms with Crippen LogP contribution < -0.4 is 9.62 Å². The molecule has 0 bridgehead atoms. The number of hydrogen-bond donors (Lipinski definition) is 1. The molecule has 3 rings (SSSR count). The Labute approximate surface area is 175 Å². The van der Waals surface area contributed by atoms with Crippen molar-refractivity contribution in [1.29, 1.82) is 0 Å². The van der Waals surface area contributed by atoms with Gasteiger partial charge in [0.15, 0.2) is 0 Å². The minimum absolute atomic E-state index is 0.146. The van der Waals surface area contributed by atoms with Crippen molar-refractivity contribution < 1.29 is 22.0 Å². The van der Waals surface area contributed by atoms with Gasteiger partial charge in [-0.3, -0.25) is 9.10 Å². The minimum atomic E-state index is -4.15. The minimum Gasteiger partial charge on any atom is -0.354 e. The summed E-state index contributed by atoms with van der Waals surface area (Å²) in [6.07, 6.45) is 3.16. The van der Waals surface area contributed by atoms with Gasteiger partial charge >= 0.3 is 0 Å². The number of rotatable bonds is 9. The summed E-state index contributed by atoms with van der Waals surface area (Å²) in [6, 6.07) is 9.16. The van der Waals surface area contributed by atoms with Gasteiger partial charge in [-0.15, -0.1) is 0 Å². The van der Waals surface area contributed by atoms with Gasteiger partial charge in [0.1, 0.15) is 18.2 Å². The average molecular weight is 438 g/mol. The summed E-state index contributed by atoms with van der Waals surface area (Å²) >= 11 is 0. The van der Waals surface area contributed by atoms with Crippen LogP contribution in [0.1, 0.15) is 19.3 Å². The first-order valence-corrected chi connectivity index (χ1v) is 11.3. The van der Waals surface area contributed by atoms with Crippen LogP contribution in [0, 0.1) is 11.6 Å². The molecular weight excluding hydrogens is 412 g/mol. The Balaban J connectivity index is 1.70. The quantitative estimate of drug-likeness (QED) is 0.613. The molecular formula is C21H25F2N3O3S. The van der Waals surface area contributed by atoms with Gasteiger partial charge in [0.05, 0.1) is 10.6 Å². The van der Waals surface area contributed by atoms with Crippen molar-refractivity contribution in [3.8, 4) is 0 Å². The molecule has 1 aliphatic rings. The molecule has 0 atom stereocenters. The molecule has 6 nitrogen and oxygen atoms in total. The van der Waals surface area contributed by atoms with Crippen molar-refractivity contribution in [2.75, 3.05) is 37.0 Å². The number of hydrogen-bond acceptors (Lipinski definition) is 4. The van der Waals surface area contributed by atoms with Crippen LogP contribution in [0.15, 0.2) is 53.4 Å². The van der Waals surface area contributed by atoms with Crippen LogP contribution in [0.4, 0.5) is 14.5 Å². The lowest BCUT2D eigenvalue weighted by Gasteiger charge is -2.24. The second-order valence-electron chi connectivity index (χ2n) is 7.19. The number of benzene rings is 2. The Hall–Kier alpha value is -2.52. The molecule has 0 aliphatic carbocycles. The molecule has 2 aromatic carbocycles. The Morgan fingerprint density at radius 3 is 2.13 bits per heavy atom. The first-order valence-electron chi connectivity index (χ1n) is 9.89. The molecule has 0 aromatic heterocycles. The highest BCUT2D eigenvalue weighted by atomic mass is 32.2. The molecule has 1 saturated heterocycles. The highest BCUT2D eigenvalue weighted by Crippen LogP contribution is 2.24. The van der Waals surface area contributed by atoms with E-state index in [9.17, 15) is 22.0 Å². The standard InChI is InChI=1S/C21H25F2N3O3S/c22-17-4-8-19(9-5-17)26(30(28,29)20-10-6-18(23)7-11-20)16-21(27)24-12-3-15-25-13-1-2-14-25/h4-11H,1-3,12-16H2,(H,24,27). The summed E-state index contributed by atoms with van der Waals surface area (Å²) < 4.78 is 53.6. The normalized spacial score (nSPS) is 14.6. The molecule has 2 aromatic rings. The predicted molar refractivity (Wildman–Crippen MR) is 111 cm³/mol. The lowest BCUT2D eigenvalue weighted by molar-refractivity contribution is -0.119. The lowest BCUT2D eigenvalue weighted by atomic mass is 10.3. The van der Waals surface area contributed by atoms with E-state index in [4.69, 9.17) is 0 Å². The number of anilines is 1. The van der Waals surface area contributed by atoms with E-state index in [1.54, 1.807) is 0 Å². The van der Waals surface area contributed by atoms with E-state index in [2.05, 4.69) is 10.2 Å². The highest BCUT2D eigenvalue weighted by Gasteiger charge is 2.27. The van der Waals surface area contributed by atoms with Crippen LogP contribution in [0.3, 0.4) is 0 Å². The van der Waals surface area contributed by atoms with Gasteiger partial charge in [0.2, 0.25) is 5.91 Å². The van der Waals surface area contributed by atoms with Gasteiger partial charge in [-0.2, -0.15) is 0 Å². The number of halogens is 2. The average Bonchev–Trinajstić information content (AvgIpc) is 3.24. The van der Waals surface area contributed by atoms with Crippen LogP contribution >= 0.6 is 0 Å². The van der Waals surface area contributed by atoms with Crippen LogP contribution in [-0.4, -0.2) is 51.9 Å². The largest absolute Gasteiger partial charge is 0.354 e. The number of likely N-dealkylation sites (tertiary alicyclic amines) is 1. The van der Waals surface area contributed by atoms with Gasteiger partial charge in [0, 0.05) is 6.54 Å². The summed E-state index contributed by atoms with van der Waals surface area (Å²) in [4.78, 5) is 14.6. The molecule has 0 radical (unpaired) electrons.